The van der Waals surface area contributed by atoms with Gasteiger partial charge in [-0.3, -0.25) is 4.90 Å². The summed E-state index contributed by atoms with van der Waals surface area (Å²) in [5.41, 5.74) is -0.0263. The zero-order chi connectivity index (χ0) is 22.0. The molecule has 1 unspecified atom stereocenters. The van der Waals surface area contributed by atoms with Crippen LogP contribution in [0.15, 0.2) is 17.1 Å². The number of rotatable bonds is 10. The highest BCUT2D eigenvalue weighted by molar-refractivity contribution is 14.0. The van der Waals surface area contributed by atoms with E-state index >= 15 is 0 Å². The number of aliphatic imine (C=N–C) groups is 1. The molecule has 1 aliphatic heterocycles. The number of halogens is 1. The molecule has 1 heterocycles. The minimum absolute atomic E-state index is 0. The van der Waals surface area contributed by atoms with E-state index in [4.69, 9.17) is 18.9 Å². The van der Waals surface area contributed by atoms with Crippen LogP contribution in [0.4, 0.5) is 0 Å². The number of ether oxygens (including phenoxy) is 4. The molecule has 178 valence electrons. The molecule has 1 atom stereocenters. The molecule has 10 heteroatoms. The minimum atomic E-state index is -0.894. The van der Waals surface area contributed by atoms with Gasteiger partial charge in [-0.15, -0.1) is 24.0 Å². The van der Waals surface area contributed by atoms with Gasteiger partial charge in [-0.05, 0) is 26.0 Å². The van der Waals surface area contributed by atoms with Crippen molar-refractivity contribution in [3.05, 3.63) is 17.7 Å². The number of morpholine rings is 1. The molecule has 0 spiro atoms. The maximum atomic E-state index is 10.8. The number of hydrogen-bond donors (Lipinski definition) is 3. The molecule has 9 nitrogen and oxygen atoms in total. The third kappa shape index (κ3) is 8.51. The molecule has 0 aromatic heterocycles. The number of nitrogens with zero attached hydrogens (tertiary/aromatic N) is 2. The summed E-state index contributed by atoms with van der Waals surface area (Å²) in [7, 11) is 4.76. The van der Waals surface area contributed by atoms with Crippen molar-refractivity contribution < 1.29 is 24.1 Å². The lowest BCUT2D eigenvalue weighted by atomic mass is 10.1. The predicted octanol–water partition coefficient (Wildman–Crippen LogP) is 1.47. The number of guanidine groups is 1. The zero-order valence-electron chi connectivity index (χ0n) is 19.2. The summed E-state index contributed by atoms with van der Waals surface area (Å²) >= 11 is 0. The summed E-state index contributed by atoms with van der Waals surface area (Å²) in [6.45, 7) is 8.96. The highest BCUT2D eigenvalue weighted by atomic mass is 127. The van der Waals surface area contributed by atoms with Crippen molar-refractivity contribution in [3.8, 4) is 17.2 Å². The van der Waals surface area contributed by atoms with Crippen LogP contribution in [0.25, 0.3) is 0 Å². The molecule has 0 amide bonds. The van der Waals surface area contributed by atoms with Crippen LogP contribution < -0.4 is 24.8 Å². The number of β-amino-alcohol motifs (C(OH)–C–C–N with tert-alkyl or cyclic N) is 1. The van der Waals surface area contributed by atoms with Gasteiger partial charge in [0.15, 0.2) is 17.5 Å². The average Bonchev–Trinajstić information content (AvgIpc) is 2.75. The van der Waals surface area contributed by atoms with Crippen molar-refractivity contribution in [2.45, 2.75) is 26.0 Å². The lowest BCUT2D eigenvalue weighted by Crippen LogP contribution is -2.52. The van der Waals surface area contributed by atoms with Crippen molar-refractivity contribution in [3.63, 3.8) is 0 Å². The van der Waals surface area contributed by atoms with Crippen molar-refractivity contribution in [1.82, 2.24) is 15.5 Å². The summed E-state index contributed by atoms with van der Waals surface area (Å²) in [6.07, 6.45) is 0. The summed E-state index contributed by atoms with van der Waals surface area (Å²) in [5, 5.41) is 17.3. The Kier molecular flexibility index (Phi) is 12.3. The van der Waals surface area contributed by atoms with Crippen LogP contribution >= 0.6 is 24.0 Å². The van der Waals surface area contributed by atoms with Crippen LogP contribution in [-0.2, 0) is 11.3 Å². The van der Waals surface area contributed by atoms with Crippen molar-refractivity contribution in [2.24, 2.45) is 4.99 Å². The first-order valence-corrected chi connectivity index (χ1v) is 10.3. The molecular formula is C21H37IN4O5. The molecule has 0 bridgehead atoms. The Balaban J connectivity index is 0.00000480. The molecule has 3 N–H and O–H groups in total. The number of methoxy groups -OCH3 is 3. The van der Waals surface area contributed by atoms with E-state index in [-0.39, 0.29) is 24.0 Å². The van der Waals surface area contributed by atoms with Gasteiger partial charge in [0.25, 0.3) is 0 Å². The lowest BCUT2D eigenvalue weighted by molar-refractivity contribution is -0.0201. The highest BCUT2D eigenvalue weighted by Crippen LogP contribution is 2.39. The van der Waals surface area contributed by atoms with E-state index in [9.17, 15) is 5.11 Å². The zero-order valence-corrected chi connectivity index (χ0v) is 21.5. The number of benzene rings is 1. The Morgan fingerprint density at radius 2 is 1.81 bits per heavy atom. The fourth-order valence-corrected chi connectivity index (χ4v) is 3.36. The molecule has 1 aliphatic rings. The van der Waals surface area contributed by atoms with Gasteiger partial charge in [-0.2, -0.15) is 0 Å². The van der Waals surface area contributed by atoms with Crippen LogP contribution in [0.5, 0.6) is 17.2 Å². The molecule has 0 aliphatic carbocycles. The molecule has 1 aromatic rings. The van der Waals surface area contributed by atoms with E-state index in [1.165, 1.54) is 0 Å². The van der Waals surface area contributed by atoms with Gasteiger partial charge >= 0.3 is 0 Å². The summed E-state index contributed by atoms with van der Waals surface area (Å²) in [6, 6.07) is 3.74. The average molecular weight is 552 g/mol. The second kappa shape index (κ2) is 13.8. The molecule has 31 heavy (non-hydrogen) atoms. The minimum Gasteiger partial charge on any atom is -0.493 e. The molecule has 0 radical (unpaired) electrons. The molecule has 1 fully saturated rings. The van der Waals surface area contributed by atoms with Gasteiger partial charge in [0, 0.05) is 38.3 Å². The van der Waals surface area contributed by atoms with E-state index in [0.29, 0.717) is 62.6 Å². The van der Waals surface area contributed by atoms with Gasteiger partial charge < -0.3 is 34.7 Å². The first kappa shape index (κ1) is 27.5. The largest absolute Gasteiger partial charge is 0.493 e. The van der Waals surface area contributed by atoms with E-state index in [0.717, 1.165) is 18.7 Å². The fourth-order valence-electron chi connectivity index (χ4n) is 3.36. The van der Waals surface area contributed by atoms with Crippen LogP contribution in [0.1, 0.15) is 19.4 Å². The van der Waals surface area contributed by atoms with E-state index < -0.39 is 5.60 Å². The van der Waals surface area contributed by atoms with E-state index in [2.05, 4.69) is 20.5 Å². The van der Waals surface area contributed by atoms with Crippen molar-refractivity contribution in [2.75, 3.05) is 67.3 Å². The Labute approximate surface area is 202 Å². The lowest BCUT2D eigenvalue weighted by Gasteiger charge is -2.34. The van der Waals surface area contributed by atoms with Crippen molar-refractivity contribution >= 4 is 29.9 Å². The maximum absolute atomic E-state index is 10.8. The van der Waals surface area contributed by atoms with Crippen LogP contribution in [0, 0.1) is 0 Å². The van der Waals surface area contributed by atoms with Crippen LogP contribution in [0.2, 0.25) is 0 Å². The Bertz CT molecular complexity index is 697. The van der Waals surface area contributed by atoms with Gasteiger partial charge in [0.1, 0.15) is 0 Å². The second-order valence-electron chi connectivity index (χ2n) is 7.43. The smallest absolute Gasteiger partial charge is 0.203 e. The highest BCUT2D eigenvalue weighted by Gasteiger charge is 2.25. The van der Waals surface area contributed by atoms with Gasteiger partial charge in [0.2, 0.25) is 5.75 Å². The fraction of sp³-hybridized carbons (Fsp3) is 0.667. The Morgan fingerprint density at radius 1 is 1.13 bits per heavy atom. The van der Waals surface area contributed by atoms with Gasteiger partial charge in [0.05, 0.1) is 46.7 Å². The maximum Gasteiger partial charge on any atom is 0.203 e. The number of nitrogens with one attached hydrogen (secondary N) is 2. The molecule has 2 rings (SSSR count). The van der Waals surface area contributed by atoms with Gasteiger partial charge in [-0.1, -0.05) is 0 Å². The molecule has 1 saturated heterocycles. The monoisotopic (exact) mass is 552 g/mol. The third-order valence-corrected chi connectivity index (χ3v) is 4.84. The SMILES string of the molecule is CCNC(=NCc1ccc(OC)c(OC)c1OC)NCC(C)(O)CN1CCOCC1.I. The molecule has 0 saturated carbocycles. The summed E-state index contributed by atoms with van der Waals surface area (Å²) in [4.78, 5) is 6.86. The summed E-state index contributed by atoms with van der Waals surface area (Å²) < 4.78 is 21.7. The molecular weight excluding hydrogens is 515 g/mol. The number of aliphatic hydroxyl groups is 1. The molecule has 1 aromatic carbocycles. The first-order valence-electron chi connectivity index (χ1n) is 10.3. The Morgan fingerprint density at radius 3 is 2.39 bits per heavy atom. The normalized spacial score (nSPS) is 16.6. The topological polar surface area (TPSA) is 96.8 Å². The standard InChI is InChI=1S/C21H36N4O5.HI/c1-6-22-20(24-14-21(2,26)15-25-9-11-30-12-10-25)23-13-16-7-8-17(27-3)19(29-5)18(16)28-4;/h7-8,26H,6,9-15H2,1-5H3,(H2,22,23,24);1H. The van der Waals surface area contributed by atoms with E-state index in [1.807, 2.05) is 26.0 Å². The van der Waals surface area contributed by atoms with Crippen LogP contribution in [-0.4, -0.2) is 88.8 Å². The first-order chi connectivity index (χ1) is 14.4. The van der Waals surface area contributed by atoms with Crippen LogP contribution in [0.3, 0.4) is 0 Å². The second-order valence-corrected chi connectivity index (χ2v) is 7.43. The summed E-state index contributed by atoms with van der Waals surface area (Å²) in [5.74, 6) is 2.36. The van der Waals surface area contributed by atoms with Gasteiger partial charge in [-0.25, -0.2) is 4.99 Å². The third-order valence-electron chi connectivity index (χ3n) is 4.84. The quantitative estimate of drug-likeness (QED) is 0.228. The van der Waals surface area contributed by atoms with E-state index in [1.54, 1.807) is 21.3 Å². The predicted molar refractivity (Wildman–Crippen MR) is 132 cm³/mol. The number of hydrogen-bond acceptors (Lipinski definition) is 7. The van der Waals surface area contributed by atoms with Crippen molar-refractivity contribution in [1.29, 1.82) is 0 Å². The Hall–Kier alpha value is -1.50.